The van der Waals surface area contributed by atoms with Crippen molar-refractivity contribution in [3.8, 4) is 0 Å². The van der Waals surface area contributed by atoms with Crippen molar-refractivity contribution in [1.29, 1.82) is 0 Å². The lowest BCUT2D eigenvalue weighted by Crippen LogP contribution is -2.24. The van der Waals surface area contributed by atoms with Crippen molar-refractivity contribution in [2.75, 3.05) is 23.4 Å². The molecule has 19 heavy (non-hydrogen) atoms. The van der Waals surface area contributed by atoms with Crippen LogP contribution >= 0.6 is 0 Å². The lowest BCUT2D eigenvalue weighted by Gasteiger charge is -2.21. The molecule has 1 aliphatic heterocycles. The number of rotatable bonds is 4. The predicted octanol–water partition coefficient (Wildman–Crippen LogP) is 2.12. The molecule has 1 saturated heterocycles. The number of nitrogens with two attached hydrogens (primary N) is 1. The molecule has 1 aliphatic rings. The van der Waals surface area contributed by atoms with E-state index >= 15 is 0 Å². The summed E-state index contributed by atoms with van der Waals surface area (Å²) < 4.78 is 0. The average molecular weight is 263 g/mol. The van der Waals surface area contributed by atoms with Crippen LogP contribution in [0.1, 0.15) is 38.6 Å². The van der Waals surface area contributed by atoms with E-state index in [2.05, 4.69) is 36.1 Å². The summed E-state index contributed by atoms with van der Waals surface area (Å²) in [5.41, 5.74) is 3.75. The molecule has 5 heteroatoms. The van der Waals surface area contributed by atoms with Gasteiger partial charge in [-0.1, -0.05) is 20.8 Å². The second-order valence-corrected chi connectivity index (χ2v) is 5.69. The minimum absolute atomic E-state index is 0.707. The first kappa shape index (κ1) is 14.1. The van der Waals surface area contributed by atoms with Crippen molar-refractivity contribution >= 4 is 11.6 Å². The van der Waals surface area contributed by atoms with E-state index in [1.54, 1.807) is 0 Å². The van der Waals surface area contributed by atoms with Crippen molar-refractivity contribution in [3.05, 3.63) is 11.4 Å². The van der Waals surface area contributed by atoms with E-state index < -0.39 is 0 Å². The van der Waals surface area contributed by atoms with Gasteiger partial charge < -0.3 is 10.3 Å². The monoisotopic (exact) mass is 263 g/mol. The van der Waals surface area contributed by atoms with Gasteiger partial charge in [-0.2, -0.15) is 0 Å². The fourth-order valence-corrected chi connectivity index (χ4v) is 2.64. The van der Waals surface area contributed by atoms with Gasteiger partial charge in [0.15, 0.2) is 0 Å². The largest absolute Gasteiger partial charge is 0.356 e. The minimum atomic E-state index is 0.707. The maximum Gasteiger partial charge on any atom is 0.148 e. The first-order valence-electron chi connectivity index (χ1n) is 7.15. The third-order valence-corrected chi connectivity index (χ3v) is 4.06. The van der Waals surface area contributed by atoms with Crippen LogP contribution in [-0.2, 0) is 6.42 Å². The molecule has 0 spiro atoms. The number of anilines is 2. The molecule has 2 atom stereocenters. The first-order valence-corrected chi connectivity index (χ1v) is 7.15. The van der Waals surface area contributed by atoms with Crippen molar-refractivity contribution in [2.24, 2.45) is 17.7 Å². The Morgan fingerprint density at radius 3 is 2.42 bits per heavy atom. The van der Waals surface area contributed by atoms with Gasteiger partial charge in [-0.25, -0.2) is 15.8 Å². The van der Waals surface area contributed by atoms with E-state index in [0.29, 0.717) is 11.8 Å². The number of nitrogen functional groups attached to an aromatic ring is 1. The van der Waals surface area contributed by atoms with Crippen LogP contribution in [0.5, 0.6) is 0 Å². The van der Waals surface area contributed by atoms with Gasteiger partial charge in [0, 0.05) is 25.1 Å². The van der Waals surface area contributed by atoms with Gasteiger partial charge in [0.1, 0.15) is 17.5 Å². The van der Waals surface area contributed by atoms with Gasteiger partial charge in [0.2, 0.25) is 0 Å². The van der Waals surface area contributed by atoms with E-state index in [1.165, 1.54) is 0 Å². The molecule has 1 aromatic heterocycles. The number of nitrogens with one attached hydrogen (secondary N) is 1. The third-order valence-electron chi connectivity index (χ3n) is 4.06. The first-order chi connectivity index (χ1) is 9.06. The number of nitrogens with zero attached hydrogens (tertiary/aromatic N) is 3. The van der Waals surface area contributed by atoms with Crippen LogP contribution in [0.25, 0.3) is 0 Å². The van der Waals surface area contributed by atoms with Gasteiger partial charge in [-0.15, -0.1) is 0 Å². The Morgan fingerprint density at radius 2 is 1.89 bits per heavy atom. The zero-order valence-electron chi connectivity index (χ0n) is 12.4. The summed E-state index contributed by atoms with van der Waals surface area (Å²) in [6.45, 7) is 10.9. The molecule has 1 aromatic rings. The second-order valence-electron chi connectivity index (χ2n) is 5.69. The lowest BCUT2D eigenvalue weighted by molar-refractivity contribution is 0.494. The molecule has 2 unspecified atom stereocenters. The van der Waals surface area contributed by atoms with Crippen LogP contribution in [-0.4, -0.2) is 23.1 Å². The van der Waals surface area contributed by atoms with Crippen LogP contribution < -0.4 is 16.2 Å². The Balaban J connectivity index is 2.35. The van der Waals surface area contributed by atoms with Crippen LogP contribution in [0, 0.1) is 18.8 Å². The van der Waals surface area contributed by atoms with Crippen LogP contribution in [0.15, 0.2) is 0 Å². The second kappa shape index (κ2) is 5.74. The highest BCUT2D eigenvalue weighted by Crippen LogP contribution is 2.30. The summed E-state index contributed by atoms with van der Waals surface area (Å²) in [5, 5.41) is 0. The van der Waals surface area contributed by atoms with Crippen molar-refractivity contribution < 1.29 is 0 Å². The summed E-state index contributed by atoms with van der Waals surface area (Å²) in [7, 11) is 0. The number of hydrazine groups is 1. The van der Waals surface area contributed by atoms with E-state index in [0.717, 1.165) is 49.0 Å². The highest BCUT2D eigenvalue weighted by Gasteiger charge is 2.28. The molecule has 2 heterocycles. The van der Waals surface area contributed by atoms with Crippen LogP contribution in [0.4, 0.5) is 11.6 Å². The molecule has 1 fully saturated rings. The molecular weight excluding hydrogens is 238 g/mol. The fraction of sp³-hybridized carbons (Fsp3) is 0.714. The summed E-state index contributed by atoms with van der Waals surface area (Å²) in [6.07, 6.45) is 1.93. The summed E-state index contributed by atoms with van der Waals surface area (Å²) >= 11 is 0. The highest BCUT2D eigenvalue weighted by atomic mass is 15.3. The molecule has 0 bridgehead atoms. The van der Waals surface area contributed by atoms with Gasteiger partial charge in [-0.05, 0) is 25.2 Å². The third kappa shape index (κ3) is 2.81. The van der Waals surface area contributed by atoms with Crippen LogP contribution in [0.3, 0.4) is 0 Å². The Labute approximate surface area is 115 Å². The molecule has 0 saturated carbocycles. The van der Waals surface area contributed by atoms with Gasteiger partial charge in [0.05, 0.1) is 0 Å². The maximum absolute atomic E-state index is 5.58. The number of hydrogen-bond donors (Lipinski definition) is 2. The van der Waals surface area contributed by atoms with Gasteiger partial charge in [0.25, 0.3) is 0 Å². The molecule has 5 nitrogen and oxygen atoms in total. The predicted molar refractivity (Wildman–Crippen MR) is 79.1 cm³/mol. The molecule has 2 rings (SSSR count). The molecular formula is C14H25N5. The topological polar surface area (TPSA) is 67.1 Å². The smallest absolute Gasteiger partial charge is 0.148 e. The number of hydrogen-bond acceptors (Lipinski definition) is 5. The van der Waals surface area contributed by atoms with E-state index in [-0.39, 0.29) is 0 Å². The van der Waals surface area contributed by atoms with Crippen molar-refractivity contribution in [1.82, 2.24) is 9.97 Å². The van der Waals surface area contributed by atoms with E-state index in [1.807, 2.05) is 6.92 Å². The number of aromatic nitrogens is 2. The van der Waals surface area contributed by atoms with E-state index in [9.17, 15) is 0 Å². The SMILES string of the molecule is CCCc1nc(NN)c(C)c(N2CC(C)C(C)C2)n1. The molecule has 0 radical (unpaired) electrons. The Hall–Kier alpha value is -1.36. The maximum atomic E-state index is 5.58. The normalized spacial score (nSPS) is 22.9. The Kier molecular flexibility index (Phi) is 4.24. The number of aryl methyl sites for hydroxylation is 1. The van der Waals surface area contributed by atoms with Crippen molar-refractivity contribution in [2.45, 2.75) is 40.5 Å². The molecule has 0 amide bonds. The Morgan fingerprint density at radius 1 is 1.26 bits per heavy atom. The lowest BCUT2D eigenvalue weighted by atomic mass is 10.0. The fourth-order valence-electron chi connectivity index (χ4n) is 2.64. The summed E-state index contributed by atoms with van der Waals surface area (Å²) in [4.78, 5) is 11.6. The van der Waals surface area contributed by atoms with Crippen LogP contribution in [0.2, 0.25) is 0 Å². The quantitative estimate of drug-likeness (QED) is 0.643. The molecule has 106 valence electrons. The molecule has 3 N–H and O–H groups in total. The van der Waals surface area contributed by atoms with Crippen molar-refractivity contribution in [3.63, 3.8) is 0 Å². The summed E-state index contributed by atoms with van der Waals surface area (Å²) in [6, 6.07) is 0. The zero-order valence-corrected chi connectivity index (χ0v) is 12.4. The highest BCUT2D eigenvalue weighted by molar-refractivity contribution is 5.58. The zero-order chi connectivity index (χ0) is 14.0. The molecule has 0 aromatic carbocycles. The molecule has 0 aliphatic carbocycles. The van der Waals surface area contributed by atoms with E-state index in [4.69, 9.17) is 10.8 Å². The van der Waals surface area contributed by atoms with Gasteiger partial charge >= 0.3 is 0 Å². The average Bonchev–Trinajstić information content (AvgIpc) is 2.71. The minimum Gasteiger partial charge on any atom is -0.356 e. The standard InChI is InChI=1S/C14H25N5/c1-5-6-12-16-13(18-15)11(4)14(17-12)19-7-9(2)10(3)8-19/h9-10H,5-8,15H2,1-4H3,(H,16,17,18). The van der Waals surface area contributed by atoms with Gasteiger partial charge in [-0.3, -0.25) is 0 Å². The summed E-state index contributed by atoms with van der Waals surface area (Å²) in [5.74, 6) is 9.67. The Bertz CT molecular complexity index is 436.